The molecule has 0 heterocycles. The van der Waals surface area contributed by atoms with Gasteiger partial charge in [-0.2, -0.15) is 0 Å². The fourth-order valence-electron chi connectivity index (χ4n) is 1.09. The number of benzene rings is 1. The second kappa shape index (κ2) is 6.85. The number of alkyl halides is 1. The van der Waals surface area contributed by atoms with Gasteiger partial charge >= 0.3 is 0 Å². The molecule has 4 nitrogen and oxygen atoms in total. The largest absolute Gasteiger partial charge is 0.350 e. The molecule has 92 valence electrons. The first kappa shape index (κ1) is 13.4. The highest BCUT2D eigenvalue weighted by atomic mass is 35.5. The van der Waals surface area contributed by atoms with Gasteiger partial charge in [0.15, 0.2) is 0 Å². The third-order valence-electron chi connectivity index (χ3n) is 1.97. The van der Waals surface area contributed by atoms with Crippen LogP contribution in [0.2, 0.25) is 0 Å². The number of carbonyl (C=O) groups excluding carboxylic acids is 2. The van der Waals surface area contributed by atoms with Gasteiger partial charge in [0, 0.05) is 6.54 Å². The summed E-state index contributed by atoms with van der Waals surface area (Å²) in [5, 5.41) is 4.91. The lowest BCUT2D eigenvalue weighted by molar-refractivity contribution is -0.124. The second-order valence-electron chi connectivity index (χ2n) is 3.31. The minimum atomic E-state index is -0.399. The van der Waals surface area contributed by atoms with Crippen LogP contribution in [0.5, 0.6) is 0 Å². The zero-order valence-corrected chi connectivity index (χ0v) is 9.76. The molecule has 2 amide bonds. The van der Waals surface area contributed by atoms with Gasteiger partial charge in [0.2, 0.25) is 11.8 Å². The Morgan fingerprint density at radius 2 is 1.76 bits per heavy atom. The second-order valence-corrected chi connectivity index (χ2v) is 3.58. The third-order valence-corrected chi connectivity index (χ3v) is 2.21. The van der Waals surface area contributed by atoms with Crippen molar-refractivity contribution in [2.45, 2.75) is 6.54 Å². The Morgan fingerprint density at radius 1 is 1.12 bits per heavy atom. The molecule has 0 aliphatic carbocycles. The molecule has 17 heavy (non-hydrogen) atoms. The molecule has 1 rings (SSSR count). The summed E-state index contributed by atoms with van der Waals surface area (Å²) >= 11 is 5.24. The monoisotopic (exact) mass is 258 g/mol. The van der Waals surface area contributed by atoms with Gasteiger partial charge in [-0.15, -0.1) is 11.6 Å². The Labute approximate surface area is 103 Å². The van der Waals surface area contributed by atoms with Crippen molar-refractivity contribution in [2.75, 3.05) is 12.4 Å². The molecule has 0 saturated heterocycles. The van der Waals surface area contributed by atoms with Gasteiger partial charge in [0.25, 0.3) is 0 Å². The van der Waals surface area contributed by atoms with Crippen molar-refractivity contribution in [2.24, 2.45) is 0 Å². The Bertz CT molecular complexity index is 395. The molecule has 6 heteroatoms. The van der Waals surface area contributed by atoms with Crippen LogP contribution >= 0.6 is 11.6 Å². The van der Waals surface area contributed by atoms with E-state index in [-0.39, 0.29) is 30.7 Å². The molecule has 0 radical (unpaired) electrons. The van der Waals surface area contributed by atoms with E-state index in [1.165, 1.54) is 12.1 Å². The van der Waals surface area contributed by atoms with E-state index in [1.54, 1.807) is 12.1 Å². The zero-order valence-electron chi connectivity index (χ0n) is 9.00. The lowest BCUT2D eigenvalue weighted by Crippen LogP contribution is -2.37. The van der Waals surface area contributed by atoms with E-state index in [4.69, 9.17) is 11.6 Å². The fraction of sp³-hybridized carbons (Fsp3) is 0.273. The third kappa shape index (κ3) is 5.31. The van der Waals surface area contributed by atoms with Gasteiger partial charge in [-0.25, -0.2) is 4.39 Å². The van der Waals surface area contributed by atoms with E-state index < -0.39 is 5.91 Å². The summed E-state index contributed by atoms with van der Waals surface area (Å²) in [6.07, 6.45) is 0. The maximum atomic E-state index is 12.6. The molecular formula is C11H12ClFN2O2. The van der Waals surface area contributed by atoms with Gasteiger partial charge in [-0.3, -0.25) is 9.59 Å². The van der Waals surface area contributed by atoms with Crippen LogP contribution < -0.4 is 10.6 Å². The molecule has 1 aromatic carbocycles. The molecule has 1 aromatic rings. The van der Waals surface area contributed by atoms with Crippen molar-refractivity contribution in [3.63, 3.8) is 0 Å². The molecule has 0 fully saturated rings. The predicted molar refractivity (Wildman–Crippen MR) is 62.0 cm³/mol. The van der Waals surface area contributed by atoms with E-state index in [2.05, 4.69) is 10.6 Å². The molecule has 0 aliphatic heterocycles. The summed E-state index contributed by atoms with van der Waals surface area (Å²) in [6, 6.07) is 5.79. The van der Waals surface area contributed by atoms with Crippen molar-refractivity contribution in [3.8, 4) is 0 Å². The summed E-state index contributed by atoms with van der Waals surface area (Å²) in [6.45, 7) is 0.169. The standard InChI is InChI=1S/C11H12ClFN2O2/c12-5-10(16)15-7-11(17)14-6-8-1-3-9(13)4-2-8/h1-4H,5-7H2,(H,14,17)(H,15,16). The zero-order chi connectivity index (χ0) is 12.7. The highest BCUT2D eigenvalue weighted by Crippen LogP contribution is 2.01. The number of carbonyl (C=O) groups is 2. The van der Waals surface area contributed by atoms with E-state index in [9.17, 15) is 14.0 Å². The van der Waals surface area contributed by atoms with Crippen LogP contribution in [-0.4, -0.2) is 24.2 Å². The van der Waals surface area contributed by atoms with Crippen LogP contribution in [0.15, 0.2) is 24.3 Å². The van der Waals surface area contributed by atoms with Crippen molar-refractivity contribution < 1.29 is 14.0 Å². The highest BCUT2D eigenvalue weighted by Gasteiger charge is 2.03. The van der Waals surface area contributed by atoms with Crippen molar-refractivity contribution in [1.29, 1.82) is 0 Å². The van der Waals surface area contributed by atoms with Gasteiger partial charge in [0.05, 0.1) is 6.54 Å². The summed E-state index contributed by atoms with van der Waals surface area (Å²) in [4.78, 5) is 22.0. The first-order valence-electron chi connectivity index (χ1n) is 4.95. The predicted octanol–water partition coefficient (Wildman–Crippen LogP) is 0.797. The van der Waals surface area contributed by atoms with E-state index in [1.807, 2.05) is 0 Å². The SMILES string of the molecule is O=C(CCl)NCC(=O)NCc1ccc(F)cc1. The minimum absolute atomic E-state index is 0.118. The molecule has 0 bridgehead atoms. The molecule has 0 saturated carbocycles. The van der Waals surface area contributed by atoms with Crippen LogP contribution in [0.1, 0.15) is 5.56 Å². The summed E-state index contributed by atoms with van der Waals surface area (Å²) in [5.74, 6) is -1.23. The van der Waals surface area contributed by atoms with E-state index >= 15 is 0 Å². The van der Waals surface area contributed by atoms with Gasteiger partial charge < -0.3 is 10.6 Å². The topological polar surface area (TPSA) is 58.2 Å². The molecule has 0 unspecified atom stereocenters. The van der Waals surface area contributed by atoms with Crippen LogP contribution in [-0.2, 0) is 16.1 Å². The lowest BCUT2D eigenvalue weighted by atomic mass is 10.2. The molecule has 0 atom stereocenters. The minimum Gasteiger partial charge on any atom is -0.350 e. The quantitative estimate of drug-likeness (QED) is 0.768. The summed E-state index contributed by atoms with van der Waals surface area (Å²) < 4.78 is 12.6. The molecule has 0 aromatic heterocycles. The smallest absolute Gasteiger partial charge is 0.239 e. The maximum absolute atomic E-state index is 12.6. The number of amides is 2. The van der Waals surface area contributed by atoms with Crippen molar-refractivity contribution in [3.05, 3.63) is 35.6 Å². The van der Waals surface area contributed by atoms with E-state index in [0.717, 1.165) is 5.56 Å². The fourth-order valence-corrected chi connectivity index (χ4v) is 1.19. The Kier molecular flexibility index (Phi) is 5.42. The number of halogens is 2. The molecule has 0 aliphatic rings. The molecule has 2 N–H and O–H groups in total. The lowest BCUT2D eigenvalue weighted by Gasteiger charge is -2.06. The Balaban J connectivity index is 2.28. The normalized spacial score (nSPS) is 9.76. The van der Waals surface area contributed by atoms with E-state index in [0.29, 0.717) is 0 Å². The summed E-state index contributed by atoms with van der Waals surface area (Å²) in [5.41, 5.74) is 0.781. The average molecular weight is 259 g/mol. The average Bonchev–Trinajstić information content (AvgIpc) is 2.35. The molecule has 0 spiro atoms. The van der Waals surface area contributed by atoms with Crippen molar-refractivity contribution >= 4 is 23.4 Å². The van der Waals surface area contributed by atoms with Crippen LogP contribution in [0, 0.1) is 5.82 Å². The van der Waals surface area contributed by atoms with Crippen molar-refractivity contribution in [1.82, 2.24) is 10.6 Å². The highest BCUT2D eigenvalue weighted by molar-refractivity contribution is 6.27. The molecular weight excluding hydrogens is 247 g/mol. The number of hydrogen-bond donors (Lipinski definition) is 2. The number of nitrogens with one attached hydrogen (secondary N) is 2. The van der Waals surface area contributed by atoms with Crippen LogP contribution in [0.3, 0.4) is 0 Å². The number of hydrogen-bond acceptors (Lipinski definition) is 2. The first-order chi connectivity index (χ1) is 8.11. The maximum Gasteiger partial charge on any atom is 0.239 e. The Morgan fingerprint density at radius 3 is 2.35 bits per heavy atom. The van der Waals surface area contributed by atoms with Gasteiger partial charge in [-0.05, 0) is 17.7 Å². The Hall–Kier alpha value is -1.62. The van der Waals surface area contributed by atoms with Gasteiger partial charge in [0.1, 0.15) is 11.7 Å². The van der Waals surface area contributed by atoms with Crippen LogP contribution in [0.4, 0.5) is 4.39 Å². The summed E-state index contributed by atoms with van der Waals surface area (Å²) in [7, 11) is 0. The van der Waals surface area contributed by atoms with Crippen LogP contribution in [0.25, 0.3) is 0 Å². The first-order valence-corrected chi connectivity index (χ1v) is 5.49. The number of rotatable bonds is 5. The van der Waals surface area contributed by atoms with Gasteiger partial charge in [-0.1, -0.05) is 12.1 Å².